The van der Waals surface area contributed by atoms with E-state index in [4.69, 9.17) is 9.47 Å². The second-order valence-corrected chi connectivity index (χ2v) is 11.5. The molecule has 2 N–H and O–H groups in total. The fourth-order valence-electron chi connectivity index (χ4n) is 4.45. The van der Waals surface area contributed by atoms with Gasteiger partial charge < -0.3 is 19.7 Å². The van der Waals surface area contributed by atoms with Gasteiger partial charge in [-0.25, -0.2) is 0 Å². The highest BCUT2D eigenvalue weighted by Gasteiger charge is 2.12. The number of ether oxygens (including phenoxy) is 2. The van der Waals surface area contributed by atoms with Crippen LogP contribution in [0, 0.1) is 0 Å². The van der Waals surface area contributed by atoms with Crippen LogP contribution < -0.4 is 0 Å². The third kappa shape index (κ3) is 32.6. The van der Waals surface area contributed by atoms with E-state index in [2.05, 4.69) is 19.9 Å². The van der Waals surface area contributed by atoms with E-state index < -0.39 is 12.2 Å². The maximum Gasteiger partial charge on any atom is 0.305 e. The lowest BCUT2D eigenvalue weighted by Gasteiger charge is -2.12. The van der Waals surface area contributed by atoms with E-state index >= 15 is 0 Å². The number of aliphatic hydroxyl groups is 2. The van der Waals surface area contributed by atoms with E-state index in [-0.39, 0.29) is 31.6 Å². The van der Waals surface area contributed by atoms with Crippen LogP contribution >= 0.6 is 0 Å². The van der Waals surface area contributed by atoms with Crippen LogP contribution in [-0.4, -0.2) is 47.6 Å². The van der Waals surface area contributed by atoms with E-state index in [0.717, 1.165) is 38.5 Å². The van der Waals surface area contributed by atoms with Crippen LogP contribution in [0.1, 0.15) is 149 Å². The first-order chi connectivity index (χ1) is 21.0. The first kappa shape index (κ1) is 40.8. The van der Waals surface area contributed by atoms with Gasteiger partial charge in [-0.2, -0.15) is 0 Å². The van der Waals surface area contributed by atoms with Gasteiger partial charge in [-0.3, -0.25) is 9.59 Å². The summed E-state index contributed by atoms with van der Waals surface area (Å²) in [6.45, 7) is 4.12. The van der Waals surface area contributed by atoms with Crippen LogP contribution in [0.2, 0.25) is 0 Å². The molecule has 0 aromatic heterocycles. The molecule has 0 aliphatic rings. The highest BCUT2D eigenvalue weighted by atomic mass is 16.6. The fraction of sp³-hybridized carbons (Fsp3) is 0.730. The van der Waals surface area contributed by atoms with E-state index in [1.807, 2.05) is 42.5 Å². The highest BCUT2D eigenvalue weighted by Crippen LogP contribution is 2.12. The predicted molar refractivity (Wildman–Crippen MR) is 179 cm³/mol. The zero-order chi connectivity index (χ0) is 31.6. The SMILES string of the molecule is CCCCC/C=C\C=C/[C@@H](O)C/C=C\C/C=C/CCCC(=O)OC[C@H](O)COC(=O)CCCCCCCCCCCCC. The van der Waals surface area contributed by atoms with Crippen molar-refractivity contribution in [3.05, 3.63) is 48.6 Å². The summed E-state index contributed by atoms with van der Waals surface area (Å²) in [6.07, 6.45) is 36.2. The van der Waals surface area contributed by atoms with Gasteiger partial charge in [0.25, 0.3) is 0 Å². The summed E-state index contributed by atoms with van der Waals surface area (Å²) < 4.78 is 10.2. The van der Waals surface area contributed by atoms with E-state index in [1.165, 1.54) is 70.6 Å². The van der Waals surface area contributed by atoms with Gasteiger partial charge in [-0.05, 0) is 44.9 Å². The Bertz CT molecular complexity index is 754. The van der Waals surface area contributed by atoms with Crippen molar-refractivity contribution in [2.45, 2.75) is 161 Å². The van der Waals surface area contributed by atoms with Crippen molar-refractivity contribution in [1.82, 2.24) is 0 Å². The van der Waals surface area contributed by atoms with Gasteiger partial charge in [0.1, 0.15) is 19.3 Å². The quantitative estimate of drug-likeness (QED) is 0.0367. The Hall–Kier alpha value is -2.18. The summed E-state index contributed by atoms with van der Waals surface area (Å²) in [5.41, 5.74) is 0. The molecule has 248 valence electrons. The van der Waals surface area contributed by atoms with Gasteiger partial charge in [-0.1, -0.05) is 140 Å². The Morgan fingerprint density at radius 1 is 0.581 bits per heavy atom. The highest BCUT2D eigenvalue weighted by molar-refractivity contribution is 5.69. The first-order valence-corrected chi connectivity index (χ1v) is 17.3. The van der Waals surface area contributed by atoms with Gasteiger partial charge >= 0.3 is 11.9 Å². The third-order valence-electron chi connectivity index (χ3n) is 7.15. The molecule has 0 bridgehead atoms. The Labute approximate surface area is 263 Å². The molecule has 0 fully saturated rings. The summed E-state index contributed by atoms with van der Waals surface area (Å²) >= 11 is 0. The summed E-state index contributed by atoms with van der Waals surface area (Å²) in [4.78, 5) is 23.8. The van der Waals surface area contributed by atoms with Gasteiger partial charge in [0.05, 0.1) is 6.10 Å². The number of rotatable bonds is 30. The zero-order valence-corrected chi connectivity index (χ0v) is 27.6. The van der Waals surface area contributed by atoms with Crippen LogP contribution in [0.3, 0.4) is 0 Å². The number of allylic oxidation sites excluding steroid dienone is 6. The van der Waals surface area contributed by atoms with Crippen LogP contribution in [0.5, 0.6) is 0 Å². The van der Waals surface area contributed by atoms with E-state index in [9.17, 15) is 19.8 Å². The van der Waals surface area contributed by atoms with Gasteiger partial charge in [-0.15, -0.1) is 0 Å². The number of unbranched alkanes of at least 4 members (excludes halogenated alkanes) is 14. The molecule has 0 amide bonds. The molecule has 0 aliphatic heterocycles. The number of carbonyl (C=O) groups excluding carboxylic acids is 2. The maximum absolute atomic E-state index is 11.9. The Kier molecular flexibility index (Phi) is 31.1. The molecule has 0 spiro atoms. The molecule has 0 aromatic rings. The fourth-order valence-corrected chi connectivity index (χ4v) is 4.45. The van der Waals surface area contributed by atoms with Crippen molar-refractivity contribution in [2.75, 3.05) is 13.2 Å². The van der Waals surface area contributed by atoms with Gasteiger partial charge in [0, 0.05) is 12.8 Å². The molecule has 2 atom stereocenters. The second-order valence-electron chi connectivity index (χ2n) is 11.5. The molecule has 0 rings (SSSR count). The lowest BCUT2D eigenvalue weighted by Crippen LogP contribution is -2.25. The van der Waals surface area contributed by atoms with E-state index in [0.29, 0.717) is 19.3 Å². The molecular formula is C37H64O6. The van der Waals surface area contributed by atoms with Crippen molar-refractivity contribution in [3.63, 3.8) is 0 Å². The maximum atomic E-state index is 11.9. The van der Waals surface area contributed by atoms with Crippen molar-refractivity contribution in [3.8, 4) is 0 Å². The third-order valence-corrected chi connectivity index (χ3v) is 7.15. The number of carbonyl (C=O) groups is 2. The molecule has 0 aromatic carbocycles. The minimum absolute atomic E-state index is 0.149. The molecule has 0 aliphatic carbocycles. The molecule has 0 saturated carbocycles. The average molecular weight is 605 g/mol. The molecule has 0 saturated heterocycles. The van der Waals surface area contributed by atoms with Crippen molar-refractivity contribution in [2.24, 2.45) is 0 Å². The Balaban J connectivity index is 3.65. The van der Waals surface area contributed by atoms with Crippen LogP contribution in [0.15, 0.2) is 48.6 Å². The van der Waals surface area contributed by atoms with Gasteiger partial charge in [0.2, 0.25) is 0 Å². The molecule has 43 heavy (non-hydrogen) atoms. The molecule has 0 unspecified atom stereocenters. The van der Waals surface area contributed by atoms with Crippen LogP contribution in [0.4, 0.5) is 0 Å². The summed E-state index contributed by atoms with van der Waals surface area (Å²) in [6, 6.07) is 0. The summed E-state index contributed by atoms with van der Waals surface area (Å²) in [5.74, 6) is -0.672. The Morgan fingerprint density at radius 3 is 1.72 bits per heavy atom. The molecule has 0 heterocycles. The van der Waals surface area contributed by atoms with Gasteiger partial charge in [0.15, 0.2) is 0 Å². The minimum atomic E-state index is -1.00. The molecular weight excluding hydrogens is 540 g/mol. The Morgan fingerprint density at radius 2 is 1.09 bits per heavy atom. The molecule has 6 heteroatoms. The zero-order valence-electron chi connectivity index (χ0n) is 27.6. The lowest BCUT2D eigenvalue weighted by molar-refractivity contribution is -0.152. The number of hydrogen-bond acceptors (Lipinski definition) is 6. The lowest BCUT2D eigenvalue weighted by atomic mass is 10.1. The smallest absolute Gasteiger partial charge is 0.305 e. The second kappa shape index (κ2) is 32.7. The minimum Gasteiger partial charge on any atom is -0.463 e. The average Bonchev–Trinajstić information content (AvgIpc) is 3.00. The molecule has 0 radical (unpaired) electrons. The number of esters is 2. The summed E-state index contributed by atoms with van der Waals surface area (Å²) in [7, 11) is 0. The van der Waals surface area contributed by atoms with Crippen molar-refractivity contribution >= 4 is 11.9 Å². The largest absolute Gasteiger partial charge is 0.463 e. The van der Waals surface area contributed by atoms with Crippen LogP contribution in [0.25, 0.3) is 0 Å². The molecule has 6 nitrogen and oxygen atoms in total. The van der Waals surface area contributed by atoms with Crippen LogP contribution in [-0.2, 0) is 19.1 Å². The van der Waals surface area contributed by atoms with E-state index in [1.54, 1.807) is 0 Å². The first-order valence-electron chi connectivity index (χ1n) is 17.3. The standard InChI is InChI=1S/C37H64O6/c1-3-5-7-9-11-12-13-14-18-22-26-30-36(40)42-32-35(39)33-43-37(41)31-27-23-19-15-17-21-25-29-34(38)28-24-20-16-10-8-6-4-2/h15-16,19-21,24-25,28,34-35,38-39H,3-14,17-18,22-23,26-27,29-33H2,1-2H3/b19-15+,20-16-,25-21-,28-24-/t34-,35-/m1/s1. The monoisotopic (exact) mass is 604 g/mol. The number of hydrogen-bond donors (Lipinski definition) is 2. The number of aliphatic hydroxyl groups excluding tert-OH is 2. The topological polar surface area (TPSA) is 93.1 Å². The van der Waals surface area contributed by atoms with Crippen molar-refractivity contribution < 1.29 is 29.3 Å². The predicted octanol–water partition coefficient (Wildman–Crippen LogP) is 9.25. The summed E-state index contributed by atoms with van der Waals surface area (Å²) in [5, 5.41) is 19.9. The van der Waals surface area contributed by atoms with Crippen molar-refractivity contribution in [1.29, 1.82) is 0 Å². The normalized spacial score (nSPS) is 13.5.